The SMILES string of the molecule is C=C(Nc1ccc2c(c1)N2c1ccc(NC)cc1F)C(c1ccc(F)c(C(C)(C)F)c1)C(C)(Cl)Cl.C=CC(C)(C)C. The van der Waals surface area contributed by atoms with E-state index in [4.69, 9.17) is 23.2 Å². The van der Waals surface area contributed by atoms with Crippen LogP contribution in [0.1, 0.15) is 58.6 Å². The standard InChI is InChI=1S/C27H26Cl2F3N3.C6H12/c1-15(25(27(4,28)29)16-6-9-20(30)19(12-16)26(2,3)32)34-18-8-11-23-24(14-18)35(23)22-10-7-17(33-5)13-21(22)31;1-5-6(2,3)4/h6-14,25,33-34H,1H2,2-5H3;5H,1H2,2-4H3. The molecule has 1 unspecified atom stereocenters. The minimum atomic E-state index is -1.89. The molecule has 2 N–H and O–H groups in total. The van der Waals surface area contributed by atoms with Gasteiger partial charge < -0.3 is 15.5 Å². The second kappa shape index (κ2) is 12.0. The lowest BCUT2D eigenvalue weighted by Gasteiger charge is -2.30. The fourth-order valence-electron chi connectivity index (χ4n) is 4.27. The molecule has 0 spiro atoms. The smallest absolute Gasteiger partial charge is 0.149 e. The molecule has 0 aliphatic carbocycles. The van der Waals surface area contributed by atoms with Crippen LogP contribution in [0.5, 0.6) is 0 Å². The van der Waals surface area contributed by atoms with Gasteiger partial charge in [-0.05, 0) is 80.3 Å². The Bertz CT molecular complexity index is 1430. The Morgan fingerprint density at radius 3 is 1.95 bits per heavy atom. The van der Waals surface area contributed by atoms with Crippen LogP contribution in [0.4, 0.5) is 41.6 Å². The van der Waals surface area contributed by atoms with E-state index in [1.54, 1.807) is 26.1 Å². The van der Waals surface area contributed by atoms with E-state index in [1.165, 1.54) is 38.1 Å². The van der Waals surface area contributed by atoms with Crippen molar-refractivity contribution >= 4 is 51.6 Å². The fraction of sp³-hybridized carbons (Fsp3) is 0.333. The molecule has 8 heteroatoms. The Hall–Kier alpha value is -3.09. The summed E-state index contributed by atoms with van der Waals surface area (Å²) in [5.41, 5.74) is 2.88. The molecular weight excluding hydrogens is 566 g/mol. The molecule has 0 aromatic heterocycles. The monoisotopic (exact) mass is 603 g/mol. The molecule has 1 heterocycles. The highest BCUT2D eigenvalue weighted by Crippen LogP contribution is 2.55. The Kier molecular flexibility index (Phi) is 9.51. The summed E-state index contributed by atoms with van der Waals surface area (Å²) >= 11 is 13.0. The molecule has 41 heavy (non-hydrogen) atoms. The average Bonchev–Trinajstić information content (AvgIpc) is 3.56. The number of rotatable bonds is 8. The maximum atomic E-state index is 14.6. The van der Waals surface area contributed by atoms with Crippen molar-refractivity contribution in [3.63, 3.8) is 0 Å². The highest BCUT2D eigenvalue weighted by Gasteiger charge is 2.36. The molecule has 0 saturated heterocycles. The zero-order valence-corrected chi connectivity index (χ0v) is 26.1. The van der Waals surface area contributed by atoms with Crippen molar-refractivity contribution in [2.45, 2.75) is 57.5 Å². The van der Waals surface area contributed by atoms with Crippen molar-refractivity contribution in [1.82, 2.24) is 0 Å². The zero-order chi connectivity index (χ0) is 30.9. The second-order valence-corrected chi connectivity index (χ2v) is 13.5. The molecule has 3 aromatic carbocycles. The van der Waals surface area contributed by atoms with E-state index in [0.717, 1.165) is 11.4 Å². The molecule has 1 aliphatic rings. The van der Waals surface area contributed by atoms with Gasteiger partial charge in [-0.15, -0.1) is 29.8 Å². The van der Waals surface area contributed by atoms with Gasteiger partial charge in [-0.25, -0.2) is 13.2 Å². The number of allylic oxidation sites excluding steroid dienone is 2. The lowest BCUT2D eigenvalue weighted by Crippen LogP contribution is -2.25. The van der Waals surface area contributed by atoms with E-state index in [9.17, 15) is 13.2 Å². The van der Waals surface area contributed by atoms with Gasteiger partial charge in [0.25, 0.3) is 0 Å². The molecule has 3 nitrogen and oxygen atoms in total. The number of hydrogen-bond acceptors (Lipinski definition) is 3. The largest absolute Gasteiger partial charge is 0.388 e. The van der Waals surface area contributed by atoms with Crippen LogP contribution in [0.2, 0.25) is 0 Å². The Labute approximate surface area is 252 Å². The van der Waals surface area contributed by atoms with E-state index in [2.05, 4.69) is 44.6 Å². The molecule has 1 aliphatic heterocycles. The maximum absolute atomic E-state index is 14.6. The van der Waals surface area contributed by atoms with Gasteiger partial charge in [-0.2, -0.15) is 0 Å². The fourth-order valence-corrected chi connectivity index (χ4v) is 4.79. The third-order valence-corrected chi connectivity index (χ3v) is 7.06. The molecule has 4 rings (SSSR count). The van der Waals surface area contributed by atoms with E-state index >= 15 is 0 Å². The first-order valence-electron chi connectivity index (χ1n) is 13.2. The van der Waals surface area contributed by atoms with Crippen LogP contribution in [-0.4, -0.2) is 11.4 Å². The number of nitrogens with zero attached hydrogens (tertiary/aromatic N) is 1. The van der Waals surface area contributed by atoms with Crippen molar-refractivity contribution in [2.75, 3.05) is 22.6 Å². The van der Waals surface area contributed by atoms with Crippen LogP contribution in [-0.2, 0) is 5.67 Å². The van der Waals surface area contributed by atoms with Gasteiger partial charge >= 0.3 is 0 Å². The van der Waals surface area contributed by atoms with Gasteiger partial charge in [0.2, 0.25) is 0 Å². The Morgan fingerprint density at radius 1 is 0.854 bits per heavy atom. The third-order valence-electron chi connectivity index (χ3n) is 6.62. The van der Waals surface area contributed by atoms with Crippen LogP contribution >= 0.6 is 23.2 Å². The molecular formula is C33H38Cl2F3N3. The molecule has 0 fully saturated rings. The molecule has 3 aromatic rings. The van der Waals surface area contributed by atoms with Gasteiger partial charge in [-0.1, -0.05) is 39.5 Å². The highest BCUT2D eigenvalue weighted by molar-refractivity contribution is 6.48. The van der Waals surface area contributed by atoms with Crippen LogP contribution in [0, 0.1) is 17.0 Å². The van der Waals surface area contributed by atoms with Gasteiger partial charge in [0.1, 0.15) is 21.6 Å². The maximum Gasteiger partial charge on any atom is 0.149 e. The van der Waals surface area contributed by atoms with E-state index < -0.39 is 21.7 Å². The summed E-state index contributed by atoms with van der Waals surface area (Å²) in [6.07, 6.45) is 1.94. The Balaban J connectivity index is 0.000000696. The van der Waals surface area contributed by atoms with Crippen LogP contribution in [0.3, 0.4) is 0 Å². The second-order valence-electron chi connectivity index (χ2n) is 11.8. The molecule has 0 radical (unpaired) electrons. The molecule has 220 valence electrons. The summed E-state index contributed by atoms with van der Waals surface area (Å²) in [5.74, 6) is -1.67. The van der Waals surface area contributed by atoms with Crippen LogP contribution in [0.15, 0.2) is 79.5 Å². The summed E-state index contributed by atoms with van der Waals surface area (Å²) in [5, 5.41) is 6.13. The highest BCUT2D eigenvalue weighted by atomic mass is 35.5. The third kappa shape index (κ3) is 8.02. The molecule has 0 saturated carbocycles. The first-order valence-corrected chi connectivity index (χ1v) is 14.0. The van der Waals surface area contributed by atoms with Crippen LogP contribution in [0.25, 0.3) is 0 Å². The summed E-state index contributed by atoms with van der Waals surface area (Å²) < 4.78 is 42.1. The van der Waals surface area contributed by atoms with Gasteiger partial charge in [0.15, 0.2) is 0 Å². The first kappa shape index (κ1) is 32.4. The van der Waals surface area contributed by atoms with Crippen molar-refractivity contribution in [3.8, 4) is 0 Å². The van der Waals surface area contributed by atoms with E-state index in [0.29, 0.717) is 33.7 Å². The first-order chi connectivity index (χ1) is 18.9. The number of hydrogen-bond donors (Lipinski definition) is 2. The number of anilines is 5. The van der Waals surface area contributed by atoms with Gasteiger partial charge in [0, 0.05) is 29.7 Å². The van der Waals surface area contributed by atoms with Gasteiger partial charge in [0.05, 0.1) is 23.0 Å². The summed E-state index contributed by atoms with van der Waals surface area (Å²) in [6.45, 7) is 18.3. The molecule has 1 atom stereocenters. The number of fused-ring (bicyclic) bond motifs is 1. The van der Waals surface area contributed by atoms with Crippen molar-refractivity contribution < 1.29 is 13.2 Å². The van der Waals surface area contributed by atoms with Crippen molar-refractivity contribution in [2.24, 2.45) is 5.41 Å². The predicted octanol–water partition coefficient (Wildman–Crippen LogP) is 11.1. The summed E-state index contributed by atoms with van der Waals surface area (Å²) in [6, 6.07) is 14.7. The topological polar surface area (TPSA) is 27.1 Å². The predicted molar refractivity (Wildman–Crippen MR) is 170 cm³/mol. The van der Waals surface area contributed by atoms with Crippen molar-refractivity contribution in [1.29, 1.82) is 0 Å². The normalized spacial score (nSPS) is 13.4. The quantitative estimate of drug-likeness (QED) is 0.119. The summed E-state index contributed by atoms with van der Waals surface area (Å²) in [7, 11) is 1.73. The minimum Gasteiger partial charge on any atom is -0.388 e. The number of nitrogens with one attached hydrogen (secondary N) is 2. The van der Waals surface area contributed by atoms with Crippen LogP contribution < -0.4 is 15.5 Å². The number of halogens is 5. The lowest BCUT2D eigenvalue weighted by molar-refractivity contribution is 0.213. The summed E-state index contributed by atoms with van der Waals surface area (Å²) in [4.78, 5) is 1.81. The average molecular weight is 605 g/mol. The van der Waals surface area contributed by atoms with E-state index in [1.807, 2.05) is 29.2 Å². The molecule has 0 amide bonds. The van der Waals surface area contributed by atoms with E-state index in [-0.39, 0.29) is 11.4 Å². The minimum absolute atomic E-state index is 0.0862. The van der Waals surface area contributed by atoms with Gasteiger partial charge in [-0.3, -0.25) is 0 Å². The lowest BCUT2D eigenvalue weighted by atomic mass is 9.88. The molecule has 0 bridgehead atoms. The van der Waals surface area contributed by atoms with Crippen molar-refractivity contribution in [3.05, 3.63) is 102 Å². The number of benzene rings is 3. The zero-order valence-electron chi connectivity index (χ0n) is 24.6. The Morgan fingerprint density at radius 2 is 1.44 bits per heavy atom. The number of alkyl halides is 3.